The lowest BCUT2D eigenvalue weighted by Crippen LogP contribution is -2.10. The average Bonchev–Trinajstić information content (AvgIpc) is 2.08. The number of esters is 1. The molecule has 0 aliphatic carbocycles. The number of hydrogen-bond acceptors (Lipinski definition) is 3. The van der Waals surface area contributed by atoms with Gasteiger partial charge in [0.15, 0.2) is 0 Å². The van der Waals surface area contributed by atoms with Gasteiger partial charge in [-0.05, 0) is 30.7 Å². The summed E-state index contributed by atoms with van der Waals surface area (Å²) in [6.07, 6.45) is 0. The zero-order valence-corrected chi connectivity index (χ0v) is 7.46. The third-order valence-electron chi connectivity index (χ3n) is 1.70. The Balaban J connectivity index is 2.86. The zero-order valence-electron chi connectivity index (χ0n) is 7.46. The number of benzene rings is 1. The Morgan fingerprint density at radius 2 is 2.14 bits per heavy atom. The first kappa shape index (κ1) is 10.4. The molecule has 0 spiro atoms. The molecule has 3 nitrogen and oxygen atoms in total. The molecule has 0 bridgehead atoms. The van der Waals surface area contributed by atoms with Gasteiger partial charge < -0.3 is 10.5 Å². The molecule has 0 fully saturated rings. The SMILES string of the molecule is Cc1cc(C(=O)OC(F)F)ccc1N. The van der Waals surface area contributed by atoms with E-state index in [1.54, 1.807) is 6.92 Å². The summed E-state index contributed by atoms with van der Waals surface area (Å²) in [5, 5.41) is 0. The predicted molar refractivity (Wildman–Crippen MR) is 47.0 cm³/mol. The molecule has 5 heteroatoms. The van der Waals surface area contributed by atoms with E-state index in [9.17, 15) is 13.6 Å². The molecule has 0 unspecified atom stereocenters. The fourth-order valence-corrected chi connectivity index (χ4v) is 0.952. The topological polar surface area (TPSA) is 52.3 Å². The van der Waals surface area contributed by atoms with E-state index in [0.717, 1.165) is 0 Å². The van der Waals surface area contributed by atoms with E-state index < -0.39 is 12.6 Å². The molecule has 14 heavy (non-hydrogen) atoms. The molecule has 0 saturated heterocycles. The van der Waals surface area contributed by atoms with Crippen molar-refractivity contribution in [3.63, 3.8) is 0 Å². The van der Waals surface area contributed by atoms with Crippen LogP contribution in [-0.4, -0.2) is 12.6 Å². The van der Waals surface area contributed by atoms with Gasteiger partial charge in [0.25, 0.3) is 0 Å². The van der Waals surface area contributed by atoms with E-state index in [1.165, 1.54) is 18.2 Å². The molecule has 0 saturated carbocycles. The van der Waals surface area contributed by atoms with Crippen LogP contribution in [0.5, 0.6) is 0 Å². The highest BCUT2D eigenvalue weighted by Crippen LogP contribution is 2.14. The first-order valence-electron chi connectivity index (χ1n) is 3.86. The van der Waals surface area contributed by atoms with Gasteiger partial charge in [0, 0.05) is 5.69 Å². The Kier molecular flexibility index (Phi) is 3.01. The summed E-state index contributed by atoms with van der Waals surface area (Å²) in [6.45, 7) is -1.42. The quantitative estimate of drug-likeness (QED) is 0.587. The lowest BCUT2D eigenvalue weighted by atomic mass is 10.1. The summed E-state index contributed by atoms with van der Waals surface area (Å²) in [5.41, 5.74) is 6.70. The van der Waals surface area contributed by atoms with E-state index in [2.05, 4.69) is 4.74 Å². The fourth-order valence-electron chi connectivity index (χ4n) is 0.952. The van der Waals surface area contributed by atoms with Crippen molar-refractivity contribution < 1.29 is 18.3 Å². The monoisotopic (exact) mass is 201 g/mol. The number of hydrogen-bond donors (Lipinski definition) is 1. The number of nitrogens with two attached hydrogens (primary N) is 1. The highest BCUT2D eigenvalue weighted by Gasteiger charge is 2.13. The normalized spacial score (nSPS) is 10.3. The number of aryl methyl sites for hydroxylation is 1. The van der Waals surface area contributed by atoms with Crippen LogP contribution in [0, 0.1) is 6.92 Å². The number of rotatable bonds is 2. The summed E-state index contributed by atoms with van der Waals surface area (Å²) >= 11 is 0. The second-order valence-corrected chi connectivity index (χ2v) is 2.74. The molecule has 1 aromatic carbocycles. The number of halogens is 2. The maximum atomic E-state index is 11.7. The Hall–Kier alpha value is -1.65. The third-order valence-corrected chi connectivity index (χ3v) is 1.70. The molecule has 2 N–H and O–H groups in total. The van der Waals surface area contributed by atoms with Crippen molar-refractivity contribution in [3.05, 3.63) is 29.3 Å². The van der Waals surface area contributed by atoms with E-state index in [4.69, 9.17) is 5.73 Å². The molecule has 0 atom stereocenters. The van der Waals surface area contributed by atoms with Gasteiger partial charge in [-0.1, -0.05) is 0 Å². The highest BCUT2D eigenvalue weighted by molar-refractivity contribution is 5.90. The van der Waals surface area contributed by atoms with E-state index in [0.29, 0.717) is 11.3 Å². The Bertz CT molecular complexity index is 353. The minimum absolute atomic E-state index is 0.0667. The standard InChI is InChI=1S/C9H9F2NO2/c1-5-4-6(2-3-7(5)12)8(13)14-9(10)11/h2-4,9H,12H2,1H3. The second-order valence-electron chi connectivity index (χ2n) is 2.74. The summed E-state index contributed by atoms with van der Waals surface area (Å²) in [6, 6.07) is 4.21. The van der Waals surface area contributed by atoms with Crippen molar-refractivity contribution in [2.45, 2.75) is 13.5 Å². The van der Waals surface area contributed by atoms with Gasteiger partial charge in [0.05, 0.1) is 5.56 Å². The zero-order chi connectivity index (χ0) is 10.7. The smallest absolute Gasteiger partial charge is 0.389 e. The second kappa shape index (κ2) is 4.04. The van der Waals surface area contributed by atoms with Crippen molar-refractivity contribution in [1.29, 1.82) is 0 Å². The highest BCUT2D eigenvalue weighted by atomic mass is 19.3. The van der Waals surface area contributed by atoms with Crippen molar-refractivity contribution in [1.82, 2.24) is 0 Å². The maximum absolute atomic E-state index is 11.7. The lowest BCUT2D eigenvalue weighted by molar-refractivity contribution is -0.0906. The minimum atomic E-state index is -3.10. The average molecular weight is 201 g/mol. The molecular formula is C9H9F2NO2. The van der Waals surface area contributed by atoms with Crippen LogP contribution in [0.3, 0.4) is 0 Å². The van der Waals surface area contributed by atoms with Gasteiger partial charge in [0.2, 0.25) is 0 Å². The van der Waals surface area contributed by atoms with Crippen LogP contribution >= 0.6 is 0 Å². The fraction of sp³-hybridized carbons (Fsp3) is 0.222. The van der Waals surface area contributed by atoms with Crippen LogP contribution < -0.4 is 5.73 Å². The molecule has 1 aromatic rings. The van der Waals surface area contributed by atoms with Gasteiger partial charge in [0.1, 0.15) is 0 Å². The van der Waals surface area contributed by atoms with Crippen LogP contribution in [0.4, 0.5) is 14.5 Å². The number of nitrogen functional groups attached to an aromatic ring is 1. The van der Waals surface area contributed by atoms with Crippen molar-refractivity contribution >= 4 is 11.7 Å². The first-order chi connectivity index (χ1) is 6.50. The first-order valence-corrected chi connectivity index (χ1v) is 3.86. The lowest BCUT2D eigenvalue weighted by Gasteiger charge is -2.04. The molecule has 0 aliphatic heterocycles. The molecule has 76 valence electrons. The Labute approximate surface area is 79.5 Å². The molecule has 0 heterocycles. The largest absolute Gasteiger partial charge is 0.399 e. The van der Waals surface area contributed by atoms with E-state index in [1.807, 2.05) is 0 Å². The van der Waals surface area contributed by atoms with Crippen molar-refractivity contribution in [2.24, 2.45) is 0 Å². The number of ether oxygens (including phenoxy) is 1. The van der Waals surface area contributed by atoms with Crippen LogP contribution in [0.25, 0.3) is 0 Å². The van der Waals surface area contributed by atoms with Crippen molar-refractivity contribution in [3.8, 4) is 0 Å². The Morgan fingerprint density at radius 1 is 1.50 bits per heavy atom. The van der Waals surface area contributed by atoms with Crippen molar-refractivity contribution in [2.75, 3.05) is 5.73 Å². The minimum Gasteiger partial charge on any atom is -0.399 e. The Morgan fingerprint density at radius 3 is 2.64 bits per heavy atom. The molecule has 0 radical (unpaired) electrons. The number of alkyl halides is 2. The van der Waals surface area contributed by atoms with Gasteiger partial charge in [-0.25, -0.2) is 4.79 Å². The predicted octanol–water partition coefficient (Wildman–Crippen LogP) is 1.96. The molecule has 0 amide bonds. The van der Waals surface area contributed by atoms with Crippen LogP contribution in [0.2, 0.25) is 0 Å². The summed E-state index contributed by atoms with van der Waals surface area (Å²) in [7, 11) is 0. The third kappa shape index (κ3) is 2.42. The molecular weight excluding hydrogens is 192 g/mol. The summed E-state index contributed by atoms with van der Waals surface area (Å²) in [4.78, 5) is 11.0. The maximum Gasteiger partial charge on any atom is 0.389 e. The van der Waals surface area contributed by atoms with Gasteiger partial charge in [-0.15, -0.1) is 0 Å². The molecule has 0 aromatic heterocycles. The molecule has 0 aliphatic rings. The van der Waals surface area contributed by atoms with Gasteiger partial charge in [-0.3, -0.25) is 0 Å². The summed E-state index contributed by atoms with van der Waals surface area (Å²) in [5.74, 6) is -1.05. The van der Waals surface area contributed by atoms with Crippen LogP contribution in [0.1, 0.15) is 15.9 Å². The van der Waals surface area contributed by atoms with E-state index in [-0.39, 0.29) is 5.56 Å². The van der Waals surface area contributed by atoms with Gasteiger partial charge >= 0.3 is 12.6 Å². The van der Waals surface area contributed by atoms with Crippen LogP contribution in [-0.2, 0) is 4.74 Å². The van der Waals surface area contributed by atoms with Crippen LogP contribution in [0.15, 0.2) is 18.2 Å². The van der Waals surface area contributed by atoms with E-state index >= 15 is 0 Å². The number of carbonyl (C=O) groups excluding carboxylic acids is 1. The molecule has 1 rings (SSSR count). The number of carbonyl (C=O) groups is 1. The number of anilines is 1. The van der Waals surface area contributed by atoms with Gasteiger partial charge in [-0.2, -0.15) is 8.78 Å². The summed E-state index contributed by atoms with van der Waals surface area (Å²) < 4.78 is 27.1.